The third kappa shape index (κ3) is 3.56. The van der Waals surface area contributed by atoms with Gasteiger partial charge in [-0.2, -0.15) is 0 Å². The maximum absolute atomic E-state index is 12.9. The highest BCUT2D eigenvalue weighted by Crippen LogP contribution is 2.46. The van der Waals surface area contributed by atoms with Crippen molar-refractivity contribution in [2.24, 2.45) is 5.92 Å². The van der Waals surface area contributed by atoms with Gasteiger partial charge in [0.05, 0.1) is 35.3 Å². The molecule has 1 spiro atoms. The van der Waals surface area contributed by atoms with Gasteiger partial charge in [0.15, 0.2) is 0 Å². The summed E-state index contributed by atoms with van der Waals surface area (Å²) in [5.41, 5.74) is 7.82. The number of hydrogen-bond donors (Lipinski definition) is 1. The zero-order chi connectivity index (χ0) is 19.8. The monoisotopic (exact) mass is 413 g/mol. The number of piperidine rings is 1. The summed E-state index contributed by atoms with van der Waals surface area (Å²) in [5.74, 6) is 0.826. The second kappa shape index (κ2) is 7.70. The molecule has 1 amide bonds. The average Bonchev–Trinajstić information content (AvgIpc) is 3.21. The molecule has 29 heavy (non-hydrogen) atoms. The summed E-state index contributed by atoms with van der Waals surface area (Å²) in [6, 6.07) is 8.01. The summed E-state index contributed by atoms with van der Waals surface area (Å²) in [7, 11) is 0. The van der Waals surface area contributed by atoms with Crippen LogP contribution in [0.25, 0.3) is 10.6 Å². The van der Waals surface area contributed by atoms with E-state index < -0.39 is 0 Å². The summed E-state index contributed by atoms with van der Waals surface area (Å²) in [5, 5.41) is 0. The molecule has 154 valence electrons. The number of rotatable bonds is 2. The highest BCUT2D eigenvalue weighted by molar-refractivity contribution is 7.15. The molecule has 0 aromatic carbocycles. The van der Waals surface area contributed by atoms with Gasteiger partial charge in [0.2, 0.25) is 5.91 Å². The number of likely N-dealkylation sites (tertiary alicyclic amines) is 1. The van der Waals surface area contributed by atoms with Crippen molar-refractivity contribution in [1.29, 1.82) is 0 Å². The minimum Gasteiger partial charge on any atom is -0.384 e. The number of nitrogens with two attached hydrogens (primary N) is 1. The van der Waals surface area contributed by atoms with Gasteiger partial charge in [-0.15, -0.1) is 11.3 Å². The first-order valence-electron chi connectivity index (χ1n) is 10.5. The number of pyridine rings is 1. The fraction of sp³-hybridized carbons (Fsp3) is 0.545. The Morgan fingerprint density at radius 3 is 2.90 bits per heavy atom. The number of carbonyl (C=O) groups excluding carboxylic acids is 1. The first-order valence-corrected chi connectivity index (χ1v) is 11.3. The highest BCUT2D eigenvalue weighted by atomic mass is 32.1. The first-order chi connectivity index (χ1) is 14.1. The first kappa shape index (κ1) is 19.0. The summed E-state index contributed by atoms with van der Waals surface area (Å²) in [6.07, 6.45) is 4.56. The Hall–Kier alpha value is -1.96. The van der Waals surface area contributed by atoms with Crippen LogP contribution in [0.4, 0.5) is 5.82 Å². The molecule has 3 aliphatic heterocycles. The molecule has 2 saturated heterocycles. The number of amides is 1. The topological polar surface area (TPSA) is 77.7 Å². The lowest BCUT2D eigenvalue weighted by atomic mass is 9.81. The molecule has 2 aromatic heterocycles. The minimum absolute atomic E-state index is 0.0306. The molecule has 6 nitrogen and oxygen atoms in total. The van der Waals surface area contributed by atoms with Crippen LogP contribution in [0.3, 0.4) is 0 Å². The smallest absolute Gasteiger partial charge is 0.228 e. The Morgan fingerprint density at radius 2 is 2.14 bits per heavy atom. The molecule has 2 N–H and O–H groups in total. The third-order valence-electron chi connectivity index (χ3n) is 6.42. The Balaban J connectivity index is 1.35. The molecule has 1 unspecified atom stereocenters. The molecule has 7 heteroatoms. The zero-order valence-corrected chi connectivity index (χ0v) is 17.4. The van der Waals surface area contributed by atoms with Crippen LogP contribution in [-0.2, 0) is 26.3 Å². The van der Waals surface area contributed by atoms with Gasteiger partial charge in [-0.25, -0.2) is 4.98 Å². The van der Waals surface area contributed by atoms with Gasteiger partial charge in [0.1, 0.15) is 5.82 Å². The number of thiophene rings is 1. The second-order valence-corrected chi connectivity index (χ2v) is 9.36. The number of ether oxygens (including phenoxy) is 2. The van der Waals surface area contributed by atoms with Crippen molar-refractivity contribution in [1.82, 2.24) is 9.88 Å². The molecular formula is C22H27N3O3S. The summed E-state index contributed by atoms with van der Waals surface area (Å²) in [4.78, 5) is 21.9. The van der Waals surface area contributed by atoms with Gasteiger partial charge >= 0.3 is 0 Å². The molecule has 1 atom stereocenters. The number of anilines is 1. The Morgan fingerprint density at radius 1 is 1.28 bits per heavy atom. The molecule has 2 fully saturated rings. The SMILES string of the molecule is Nc1cccc(-c2cc3c(s2)CCOC32CCN(C(=O)C3CCCOC3)CC2)n1. The molecule has 0 radical (unpaired) electrons. The van der Waals surface area contributed by atoms with Crippen LogP contribution >= 0.6 is 11.3 Å². The normalized spacial score (nSPS) is 23.7. The van der Waals surface area contributed by atoms with E-state index in [1.807, 2.05) is 23.1 Å². The molecular weight excluding hydrogens is 386 g/mol. The van der Waals surface area contributed by atoms with Crippen LogP contribution in [0.1, 0.15) is 36.1 Å². The van der Waals surface area contributed by atoms with Crippen molar-refractivity contribution < 1.29 is 14.3 Å². The number of nitrogen functional groups attached to an aromatic ring is 1. The molecule has 5 rings (SSSR count). The van der Waals surface area contributed by atoms with Crippen LogP contribution < -0.4 is 5.73 Å². The van der Waals surface area contributed by atoms with E-state index in [9.17, 15) is 4.79 Å². The predicted octanol–water partition coefficient (Wildman–Crippen LogP) is 3.21. The number of carbonyl (C=O) groups is 1. The Kier molecular flexibility index (Phi) is 5.05. The summed E-state index contributed by atoms with van der Waals surface area (Å²) < 4.78 is 11.9. The van der Waals surface area contributed by atoms with E-state index in [0.717, 1.165) is 69.0 Å². The molecule has 0 bridgehead atoms. The van der Waals surface area contributed by atoms with E-state index in [1.54, 1.807) is 11.3 Å². The minimum atomic E-state index is -0.275. The van der Waals surface area contributed by atoms with E-state index in [0.29, 0.717) is 12.4 Å². The largest absolute Gasteiger partial charge is 0.384 e. The molecule has 0 aliphatic carbocycles. The lowest BCUT2D eigenvalue weighted by Gasteiger charge is -2.44. The van der Waals surface area contributed by atoms with Crippen molar-refractivity contribution in [3.05, 3.63) is 34.7 Å². The van der Waals surface area contributed by atoms with Gasteiger partial charge in [0, 0.05) is 31.0 Å². The second-order valence-electron chi connectivity index (χ2n) is 8.23. The molecule has 0 saturated carbocycles. The van der Waals surface area contributed by atoms with Crippen LogP contribution in [0.5, 0.6) is 0 Å². The average molecular weight is 414 g/mol. The predicted molar refractivity (Wildman–Crippen MR) is 113 cm³/mol. The Bertz CT molecular complexity index is 898. The van der Waals surface area contributed by atoms with E-state index in [4.69, 9.17) is 15.2 Å². The van der Waals surface area contributed by atoms with Gasteiger partial charge in [-0.3, -0.25) is 4.79 Å². The summed E-state index contributed by atoms with van der Waals surface area (Å²) in [6.45, 7) is 3.59. The van der Waals surface area contributed by atoms with Crippen LogP contribution in [0.2, 0.25) is 0 Å². The maximum Gasteiger partial charge on any atom is 0.228 e. The number of hydrogen-bond acceptors (Lipinski definition) is 6. The maximum atomic E-state index is 12.9. The van der Waals surface area contributed by atoms with Crippen molar-refractivity contribution >= 4 is 23.1 Å². The standard InChI is InChI=1S/C22H27N3O3S/c23-20-5-1-4-17(24-20)19-13-16-18(29-19)6-12-28-22(16)7-9-25(10-8-22)21(26)15-3-2-11-27-14-15/h1,4-5,13,15H,2-3,6-12,14H2,(H2,23,24). The van der Waals surface area contributed by atoms with E-state index in [2.05, 4.69) is 11.1 Å². The number of aromatic nitrogens is 1. The highest BCUT2D eigenvalue weighted by Gasteiger charge is 2.43. The van der Waals surface area contributed by atoms with Gasteiger partial charge in [-0.05, 0) is 49.4 Å². The van der Waals surface area contributed by atoms with E-state index >= 15 is 0 Å². The number of nitrogens with zero attached hydrogens (tertiary/aromatic N) is 2. The molecule has 3 aliphatic rings. The number of fused-ring (bicyclic) bond motifs is 2. The third-order valence-corrected chi connectivity index (χ3v) is 7.64. The van der Waals surface area contributed by atoms with Crippen molar-refractivity contribution in [3.8, 4) is 10.6 Å². The fourth-order valence-corrected chi connectivity index (χ4v) is 6.03. The van der Waals surface area contributed by atoms with Gasteiger partial charge < -0.3 is 20.1 Å². The lowest BCUT2D eigenvalue weighted by molar-refractivity contribution is -0.148. The quantitative estimate of drug-likeness (QED) is 0.818. The molecule has 2 aromatic rings. The van der Waals surface area contributed by atoms with E-state index in [1.165, 1.54) is 10.4 Å². The molecule has 5 heterocycles. The zero-order valence-electron chi connectivity index (χ0n) is 16.6. The Labute approximate surface area is 175 Å². The van der Waals surface area contributed by atoms with Crippen LogP contribution in [0, 0.1) is 5.92 Å². The van der Waals surface area contributed by atoms with Crippen LogP contribution in [0.15, 0.2) is 24.3 Å². The lowest BCUT2D eigenvalue weighted by Crippen LogP contribution is -2.50. The van der Waals surface area contributed by atoms with E-state index in [-0.39, 0.29) is 17.4 Å². The van der Waals surface area contributed by atoms with Gasteiger partial charge in [0.25, 0.3) is 0 Å². The van der Waals surface area contributed by atoms with Crippen molar-refractivity contribution in [2.75, 3.05) is 38.6 Å². The van der Waals surface area contributed by atoms with Crippen molar-refractivity contribution in [2.45, 2.75) is 37.7 Å². The fourth-order valence-electron chi connectivity index (χ4n) is 4.83. The summed E-state index contributed by atoms with van der Waals surface area (Å²) >= 11 is 1.80. The van der Waals surface area contributed by atoms with Crippen molar-refractivity contribution in [3.63, 3.8) is 0 Å². The van der Waals surface area contributed by atoms with Gasteiger partial charge in [-0.1, -0.05) is 6.07 Å². The van der Waals surface area contributed by atoms with Crippen LogP contribution in [-0.4, -0.2) is 48.7 Å².